The molecule has 1 aliphatic heterocycles. The van der Waals surface area contributed by atoms with E-state index in [0.29, 0.717) is 24.9 Å². The molecule has 0 unspecified atom stereocenters. The first kappa shape index (κ1) is 32.6. The van der Waals surface area contributed by atoms with Crippen molar-refractivity contribution in [3.05, 3.63) is 78.0 Å². The van der Waals surface area contributed by atoms with Gasteiger partial charge in [0.15, 0.2) is 6.10 Å². The molecular weight excluding hydrogens is 558 g/mol. The minimum Gasteiger partial charge on any atom is -0.381 e. The van der Waals surface area contributed by atoms with Crippen molar-refractivity contribution in [3.8, 4) is 0 Å². The molecule has 4 rings (SSSR count). The molecule has 44 heavy (non-hydrogen) atoms. The maximum absolute atomic E-state index is 13.7. The number of likely N-dealkylation sites (tertiary alicyclic amines) is 1. The number of para-hydroxylation sites is 1. The molecule has 4 amide bonds. The standard InChI is InChI=1S/C34H43N5O5/c1-21(2)28(37-30(41)25-18-17-23-14-9-10-15-24(23)35-25)32(43)36-26(20-22-12-7-6-8-13-22)29(40)33(44)39-19-11-16-27(39)31(42)38-34(3,4)5/h6-10,12-15,17-18,21,26-29,40H,11,16,19-20H2,1-5H3,(H,36,43)(H,37,41)(H,38,42)/t26-,27-,28-,29-/m0/s1. The number of fused-ring (bicyclic) bond motifs is 1. The first-order chi connectivity index (χ1) is 20.8. The number of nitrogens with one attached hydrogen (secondary N) is 3. The van der Waals surface area contributed by atoms with Gasteiger partial charge >= 0.3 is 0 Å². The predicted molar refractivity (Wildman–Crippen MR) is 169 cm³/mol. The number of benzene rings is 2. The molecule has 4 atom stereocenters. The van der Waals surface area contributed by atoms with E-state index < -0.39 is 47.5 Å². The Morgan fingerprint density at radius 2 is 1.64 bits per heavy atom. The molecule has 0 aliphatic carbocycles. The van der Waals surface area contributed by atoms with Gasteiger partial charge in [-0.1, -0.05) is 68.4 Å². The minimum atomic E-state index is -1.62. The average molecular weight is 602 g/mol. The maximum Gasteiger partial charge on any atom is 0.270 e. The number of carbonyl (C=O) groups is 4. The monoisotopic (exact) mass is 601 g/mol. The molecular formula is C34H43N5O5. The summed E-state index contributed by atoms with van der Waals surface area (Å²) < 4.78 is 0. The zero-order valence-corrected chi connectivity index (χ0v) is 26.0. The number of pyridine rings is 1. The fourth-order valence-corrected chi connectivity index (χ4v) is 5.42. The van der Waals surface area contributed by atoms with Crippen LogP contribution in [0.1, 0.15) is 63.5 Å². The number of aliphatic hydroxyl groups excluding tert-OH is 1. The van der Waals surface area contributed by atoms with Gasteiger partial charge in [-0.25, -0.2) is 4.98 Å². The SMILES string of the molecule is CC(C)[C@H](NC(=O)c1ccc2ccccc2n1)C(=O)N[C@@H](Cc1ccccc1)[C@H](O)C(=O)N1CCC[C@H]1C(=O)NC(C)(C)C. The minimum absolute atomic E-state index is 0.164. The normalized spacial score (nSPS) is 17.2. The highest BCUT2D eigenvalue weighted by molar-refractivity contribution is 5.98. The number of aliphatic hydroxyl groups is 1. The van der Waals surface area contributed by atoms with Crippen molar-refractivity contribution in [2.45, 2.75) is 83.6 Å². The molecule has 2 aromatic carbocycles. The van der Waals surface area contributed by atoms with Crippen LogP contribution in [0.15, 0.2) is 66.7 Å². The third kappa shape index (κ3) is 8.19. The van der Waals surface area contributed by atoms with Crippen molar-refractivity contribution in [2.75, 3.05) is 6.54 Å². The summed E-state index contributed by atoms with van der Waals surface area (Å²) in [5, 5.41) is 20.9. The van der Waals surface area contributed by atoms with E-state index in [1.807, 2.05) is 75.4 Å². The Morgan fingerprint density at radius 1 is 0.955 bits per heavy atom. The van der Waals surface area contributed by atoms with Gasteiger partial charge in [0.2, 0.25) is 11.8 Å². The molecule has 1 saturated heterocycles. The Hall–Kier alpha value is -4.31. The van der Waals surface area contributed by atoms with E-state index in [-0.39, 0.29) is 23.9 Å². The van der Waals surface area contributed by atoms with Gasteiger partial charge in [-0.15, -0.1) is 0 Å². The van der Waals surface area contributed by atoms with Crippen LogP contribution in [0.4, 0.5) is 0 Å². The summed E-state index contributed by atoms with van der Waals surface area (Å²) in [4.78, 5) is 59.4. The summed E-state index contributed by atoms with van der Waals surface area (Å²) in [6.45, 7) is 9.53. The van der Waals surface area contributed by atoms with Gasteiger partial charge in [0.25, 0.3) is 11.8 Å². The Labute approximate surface area is 258 Å². The largest absolute Gasteiger partial charge is 0.381 e. The summed E-state index contributed by atoms with van der Waals surface area (Å²) in [5.41, 5.74) is 1.16. The molecule has 2 heterocycles. The zero-order chi connectivity index (χ0) is 32.0. The van der Waals surface area contributed by atoms with Crippen molar-refractivity contribution in [1.29, 1.82) is 0 Å². The lowest BCUT2D eigenvalue weighted by Crippen LogP contribution is -2.59. The topological polar surface area (TPSA) is 141 Å². The van der Waals surface area contributed by atoms with Gasteiger partial charge in [0, 0.05) is 17.5 Å². The number of nitrogens with zero attached hydrogens (tertiary/aromatic N) is 2. The molecule has 10 heteroatoms. The highest BCUT2D eigenvalue weighted by Gasteiger charge is 2.41. The predicted octanol–water partition coefficient (Wildman–Crippen LogP) is 2.98. The van der Waals surface area contributed by atoms with Crippen LogP contribution in [0.2, 0.25) is 0 Å². The fraction of sp³-hybridized carbons (Fsp3) is 0.441. The van der Waals surface area contributed by atoms with Crippen LogP contribution in [-0.4, -0.2) is 74.9 Å². The molecule has 1 aromatic heterocycles. The van der Waals surface area contributed by atoms with Crippen molar-refractivity contribution in [3.63, 3.8) is 0 Å². The molecule has 0 saturated carbocycles. The first-order valence-corrected chi connectivity index (χ1v) is 15.2. The van der Waals surface area contributed by atoms with E-state index in [9.17, 15) is 24.3 Å². The first-order valence-electron chi connectivity index (χ1n) is 15.2. The summed E-state index contributed by atoms with van der Waals surface area (Å²) in [6, 6.07) is 17.4. The molecule has 1 aliphatic rings. The van der Waals surface area contributed by atoms with Crippen LogP contribution >= 0.6 is 0 Å². The van der Waals surface area contributed by atoms with E-state index in [2.05, 4.69) is 20.9 Å². The van der Waals surface area contributed by atoms with Crippen molar-refractivity contribution >= 4 is 34.5 Å². The number of rotatable bonds is 10. The molecule has 0 bridgehead atoms. The summed E-state index contributed by atoms with van der Waals surface area (Å²) in [7, 11) is 0. The fourth-order valence-electron chi connectivity index (χ4n) is 5.42. The van der Waals surface area contributed by atoms with E-state index in [0.717, 1.165) is 10.9 Å². The smallest absolute Gasteiger partial charge is 0.270 e. The van der Waals surface area contributed by atoms with Crippen LogP contribution < -0.4 is 16.0 Å². The zero-order valence-electron chi connectivity index (χ0n) is 26.0. The summed E-state index contributed by atoms with van der Waals surface area (Å²) in [5.74, 6) is -2.25. The van der Waals surface area contributed by atoms with E-state index in [4.69, 9.17) is 0 Å². The lowest BCUT2D eigenvalue weighted by Gasteiger charge is -2.32. The lowest BCUT2D eigenvalue weighted by atomic mass is 9.97. The third-order valence-corrected chi connectivity index (χ3v) is 7.66. The molecule has 4 N–H and O–H groups in total. The Kier molecular flexibility index (Phi) is 10.4. The Bertz CT molecular complexity index is 1490. The highest BCUT2D eigenvalue weighted by Crippen LogP contribution is 2.21. The highest BCUT2D eigenvalue weighted by atomic mass is 16.3. The van der Waals surface area contributed by atoms with Crippen LogP contribution in [-0.2, 0) is 20.8 Å². The lowest BCUT2D eigenvalue weighted by molar-refractivity contribution is -0.147. The second-order valence-corrected chi connectivity index (χ2v) is 12.8. The summed E-state index contributed by atoms with van der Waals surface area (Å²) in [6.07, 6.45) is -0.342. The van der Waals surface area contributed by atoms with Gasteiger partial charge in [-0.3, -0.25) is 19.2 Å². The van der Waals surface area contributed by atoms with Crippen LogP contribution in [0.5, 0.6) is 0 Å². The van der Waals surface area contributed by atoms with Crippen LogP contribution in [0.3, 0.4) is 0 Å². The summed E-state index contributed by atoms with van der Waals surface area (Å²) >= 11 is 0. The molecule has 0 spiro atoms. The van der Waals surface area contributed by atoms with Crippen molar-refractivity contribution < 1.29 is 24.3 Å². The number of amides is 4. The molecule has 0 radical (unpaired) electrons. The van der Waals surface area contributed by atoms with E-state index in [1.165, 1.54) is 4.90 Å². The Morgan fingerprint density at radius 3 is 2.32 bits per heavy atom. The maximum atomic E-state index is 13.7. The van der Waals surface area contributed by atoms with E-state index >= 15 is 0 Å². The van der Waals surface area contributed by atoms with Gasteiger partial charge in [-0.2, -0.15) is 0 Å². The van der Waals surface area contributed by atoms with Gasteiger partial charge in [0.1, 0.15) is 17.8 Å². The van der Waals surface area contributed by atoms with Gasteiger partial charge in [0.05, 0.1) is 11.6 Å². The quantitative estimate of drug-likeness (QED) is 0.282. The molecule has 10 nitrogen and oxygen atoms in total. The number of aromatic nitrogens is 1. The van der Waals surface area contributed by atoms with Gasteiger partial charge < -0.3 is 26.0 Å². The second kappa shape index (κ2) is 14.0. The van der Waals surface area contributed by atoms with Crippen LogP contribution in [0.25, 0.3) is 10.9 Å². The number of hydrogen-bond acceptors (Lipinski definition) is 6. The molecule has 1 fully saturated rings. The second-order valence-electron chi connectivity index (χ2n) is 12.8. The van der Waals surface area contributed by atoms with Gasteiger partial charge in [-0.05, 0) is 63.6 Å². The molecule has 3 aromatic rings. The molecule has 234 valence electrons. The Balaban J connectivity index is 1.53. The third-order valence-electron chi connectivity index (χ3n) is 7.66. The van der Waals surface area contributed by atoms with Crippen LogP contribution in [0, 0.1) is 5.92 Å². The van der Waals surface area contributed by atoms with Crippen molar-refractivity contribution in [2.24, 2.45) is 5.92 Å². The number of hydrogen-bond donors (Lipinski definition) is 4. The van der Waals surface area contributed by atoms with Crippen molar-refractivity contribution in [1.82, 2.24) is 25.8 Å². The van der Waals surface area contributed by atoms with E-state index in [1.54, 1.807) is 26.0 Å². The average Bonchev–Trinajstić information content (AvgIpc) is 3.48. The number of carbonyl (C=O) groups excluding carboxylic acids is 4.